The maximum absolute atomic E-state index is 12.8. The van der Waals surface area contributed by atoms with Crippen molar-refractivity contribution in [2.24, 2.45) is 5.92 Å². The lowest BCUT2D eigenvalue weighted by Gasteiger charge is -2.34. The lowest BCUT2D eigenvalue weighted by Crippen LogP contribution is -2.49. The minimum absolute atomic E-state index is 0.0508. The zero-order chi connectivity index (χ0) is 15.7. The molecule has 1 amide bonds. The molecule has 1 aromatic rings. The van der Waals surface area contributed by atoms with E-state index in [4.69, 9.17) is 16.3 Å². The Morgan fingerprint density at radius 2 is 2.05 bits per heavy atom. The van der Waals surface area contributed by atoms with Crippen LogP contribution in [0, 0.1) is 5.92 Å². The number of esters is 1. The highest BCUT2D eigenvalue weighted by molar-refractivity contribution is 6.31. The molecule has 0 N–H and O–H groups in total. The van der Waals surface area contributed by atoms with Crippen LogP contribution in [0.5, 0.6) is 0 Å². The van der Waals surface area contributed by atoms with Gasteiger partial charge in [0.2, 0.25) is 5.91 Å². The molecule has 4 nitrogen and oxygen atoms in total. The molecule has 3 atom stereocenters. The van der Waals surface area contributed by atoms with Crippen LogP contribution in [0.2, 0.25) is 5.02 Å². The van der Waals surface area contributed by atoms with E-state index in [0.717, 1.165) is 24.8 Å². The molecule has 2 aliphatic rings. The van der Waals surface area contributed by atoms with Crippen molar-refractivity contribution in [3.05, 3.63) is 34.9 Å². The van der Waals surface area contributed by atoms with Gasteiger partial charge in [-0.05, 0) is 43.2 Å². The summed E-state index contributed by atoms with van der Waals surface area (Å²) in [7, 11) is 1.38. The van der Waals surface area contributed by atoms with Crippen LogP contribution in [-0.2, 0) is 14.3 Å². The first kappa shape index (κ1) is 15.3. The van der Waals surface area contributed by atoms with E-state index in [1.807, 2.05) is 24.3 Å². The molecule has 1 aliphatic carbocycles. The van der Waals surface area contributed by atoms with E-state index >= 15 is 0 Å². The molecule has 3 rings (SSSR count). The third kappa shape index (κ3) is 2.84. The number of hydrogen-bond donors (Lipinski definition) is 0. The Labute approximate surface area is 135 Å². The predicted molar refractivity (Wildman–Crippen MR) is 83.7 cm³/mol. The molecule has 3 unspecified atom stereocenters. The highest BCUT2D eigenvalue weighted by atomic mass is 35.5. The number of likely N-dealkylation sites (tertiary alicyclic amines) is 1. The molecule has 118 valence electrons. The van der Waals surface area contributed by atoms with Crippen LogP contribution in [0.4, 0.5) is 0 Å². The van der Waals surface area contributed by atoms with Gasteiger partial charge in [0.1, 0.15) is 6.04 Å². The minimum atomic E-state index is -0.418. The molecule has 1 heterocycles. The number of nitrogens with zero attached hydrogens (tertiary/aromatic N) is 1. The Morgan fingerprint density at radius 1 is 1.27 bits per heavy atom. The van der Waals surface area contributed by atoms with Gasteiger partial charge < -0.3 is 9.64 Å². The van der Waals surface area contributed by atoms with Crippen molar-refractivity contribution in [2.45, 2.75) is 37.6 Å². The van der Waals surface area contributed by atoms with Crippen LogP contribution in [0.3, 0.4) is 0 Å². The van der Waals surface area contributed by atoms with Crippen molar-refractivity contribution in [2.75, 3.05) is 13.7 Å². The molecule has 0 spiro atoms. The Hall–Kier alpha value is -1.55. The summed E-state index contributed by atoms with van der Waals surface area (Å²) in [5, 5.41) is 0.714. The number of carbonyl (C=O) groups excluding carboxylic acids is 2. The average Bonchev–Trinajstić information content (AvgIpc) is 3.34. The zero-order valence-electron chi connectivity index (χ0n) is 12.6. The van der Waals surface area contributed by atoms with Crippen molar-refractivity contribution in [1.29, 1.82) is 0 Å². The molecule has 1 aliphatic heterocycles. The lowest BCUT2D eigenvalue weighted by molar-refractivity contribution is -0.155. The van der Waals surface area contributed by atoms with Gasteiger partial charge in [-0.25, -0.2) is 4.79 Å². The fourth-order valence-corrected chi connectivity index (χ4v) is 3.65. The van der Waals surface area contributed by atoms with Crippen LogP contribution >= 0.6 is 11.6 Å². The summed E-state index contributed by atoms with van der Waals surface area (Å²) in [6, 6.07) is 7.25. The number of benzene rings is 1. The second-order valence-corrected chi connectivity index (χ2v) is 6.44. The molecular weight excluding hydrogens is 302 g/mol. The van der Waals surface area contributed by atoms with Gasteiger partial charge in [0.25, 0.3) is 0 Å². The van der Waals surface area contributed by atoms with E-state index in [1.54, 1.807) is 4.90 Å². The van der Waals surface area contributed by atoms with Crippen LogP contribution in [0.25, 0.3) is 0 Å². The van der Waals surface area contributed by atoms with E-state index in [1.165, 1.54) is 7.11 Å². The molecule has 0 aromatic heterocycles. The number of carbonyl (C=O) groups is 2. The first-order valence-electron chi connectivity index (χ1n) is 7.76. The van der Waals surface area contributed by atoms with Crippen LogP contribution in [0.15, 0.2) is 24.3 Å². The highest BCUT2D eigenvalue weighted by Crippen LogP contribution is 2.50. The van der Waals surface area contributed by atoms with E-state index in [9.17, 15) is 9.59 Å². The molecule has 5 heteroatoms. The number of piperidine rings is 1. The lowest BCUT2D eigenvalue weighted by atomic mass is 10.0. The fraction of sp³-hybridized carbons (Fsp3) is 0.529. The van der Waals surface area contributed by atoms with Gasteiger partial charge in [0.05, 0.1) is 7.11 Å². The topological polar surface area (TPSA) is 46.6 Å². The van der Waals surface area contributed by atoms with Gasteiger partial charge >= 0.3 is 5.97 Å². The van der Waals surface area contributed by atoms with Gasteiger partial charge in [0, 0.05) is 17.5 Å². The quantitative estimate of drug-likeness (QED) is 0.804. The molecule has 22 heavy (non-hydrogen) atoms. The highest BCUT2D eigenvalue weighted by Gasteiger charge is 2.48. The third-order valence-corrected chi connectivity index (χ3v) is 5.02. The van der Waals surface area contributed by atoms with Gasteiger partial charge in [0.15, 0.2) is 0 Å². The third-order valence-electron chi connectivity index (χ3n) is 4.67. The van der Waals surface area contributed by atoms with E-state index in [0.29, 0.717) is 18.0 Å². The van der Waals surface area contributed by atoms with E-state index in [2.05, 4.69) is 0 Å². The summed E-state index contributed by atoms with van der Waals surface area (Å²) in [5.74, 6) is -0.102. The first-order chi connectivity index (χ1) is 10.6. The number of amides is 1. The number of ether oxygens (including phenoxy) is 1. The largest absolute Gasteiger partial charge is 0.467 e. The van der Waals surface area contributed by atoms with Gasteiger partial charge in [-0.15, -0.1) is 0 Å². The number of rotatable bonds is 3. The fourth-order valence-electron chi connectivity index (χ4n) is 3.38. The van der Waals surface area contributed by atoms with Crippen molar-refractivity contribution in [3.8, 4) is 0 Å². The summed E-state index contributed by atoms with van der Waals surface area (Å²) in [4.78, 5) is 26.4. The van der Waals surface area contributed by atoms with E-state index < -0.39 is 6.04 Å². The molecule has 1 saturated heterocycles. The van der Waals surface area contributed by atoms with Crippen molar-refractivity contribution < 1.29 is 14.3 Å². The summed E-state index contributed by atoms with van der Waals surface area (Å²) in [6.07, 6.45) is 3.42. The van der Waals surface area contributed by atoms with Crippen molar-refractivity contribution >= 4 is 23.5 Å². The van der Waals surface area contributed by atoms with Crippen molar-refractivity contribution in [3.63, 3.8) is 0 Å². The second kappa shape index (κ2) is 6.29. The minimum Gasteiger partial charge on any atom is -0.467 e. The first-order valence-corrected chi connectivity index (χ1v) is 8.14. The Bertz CT molecular complexity index is 589. The van der Waals surface area contributed by atoms with Gasteiger partial charge in [-0.1, -0.05) is 29.8 Å². The van der Waals surface area contributed by atoms with Crippen LogP contribution < -0.4 is 0 Å². The second-order valence-electron chi connectivity index (χ2n) is 6.04. The van der Waals surface area contributed by atoms with Crippen molar-refractivity contribution in [1.82, 2.24) is 4.90 Å². The summed E-state index contributed by atoms with van der Waals surface area (Å²) >= 11 is 6.22. The SMILES string of the molecule is COC(=O)C1CCCCN1C(=O)C1CC1c1ccccc1Cl. The maximum atomic E-state index is 12.8. The molecular formula is C17H20ClNO3. The van der Waals surface area contributed by atoms with Crippen LogP contribution in [0.1, 0.15) is 37.2 Å². The molecule has 1 saturated carbocycles. The smallest absolute Gasteiger partial charge is 0.328 e. The summed E-state index contributed by atoms with van der Waals surface area (Å²) in [5.41, 5.74) is 1.04. The van der Waals surface area contributed by atoms with Gasteiger partial charge in [-0.2, -0.15) is 0 Å². The molecule has 1 aromatic carbocycles. The Morgan fingerprint density at radius 3 is 2.77 bits per heavy atom. The normalized spacial score (nSPS) is 27.4. The Kier molecular flexibility index (Phi) is 4.39. The average molecular weight is 322 g/mol. The summed E-state index contributed by atoms with van der Waals surface area (Å²) in [6.45, 7) is 0.643. The van der Waals surface area contributed by atoms with Gasteiger partial charge in [-0.3, -0.25) is 4.79 Å². The Balaban J connectivity index is 1.72. The van der Waals surface area contributed by atoms with Crippen LogP contribution in [-0.4, -0.2) is 36.5 Å². The zero-order valence-corrected chi connectivity index (χ0v) is 13.4. The van der Waals surface area contributed by atoms with E-state index in [-0.39, 0.29) is 23.7 Å². The standard InChI is InChI=1S/C17H20ClNO3/c1-22-17(21)15-8-4-5-9-19(15)16(20)13-10-12(13)11-6-2-3-7-14(11)18/h2-3,6-7,12-13,15H,4-5,8-10H2,1H3. The predicted octanol–water partition coefficient (Wildman–Crippen LogP) is 3.00. The summed E-state index contributed by atoms with van der Waals surface area (Å²) < 4.78 is 4.85. The monoisotopic (exact) mass is 321 g/mol. The number of halogens is 1. The maximum Gasteiger partial charge on any atom is 0.328 e. The molecule has 2 fully saturated rings. The number of methoxy groups -OCH3 is 1. The number of hydrogen-bond acceptors (Lipinski definition) is 3. The molecule has 0 radical (unpaired) electrons. The molecule has 0 bridgehead atoms.